The van der Waals surface area contributed by atoms with Crippen LogP contribution >= 0.6 is 23.2 Å². The lowest BCUT2D eigenvalue weighted by Crippen LogP contribution is -1.87. The second-order valence-corrected chi connectivity index (χ2v) is 3.90. The Labute approximate surface area is 102 Å². The van der Waals surface area contributed by atoms with Gasteiger partial charge in [0.25, 0.3) is 0 Å². The molecule has 2 rings (SSSR count). The van der Waals surface area contributed by atoms with Crippen LogP contribution in [0, 0.1) is 0 Å². The standard InChI is InChI=1S/C11H7Cl2NO2/c12-7-1-3-10(9(15)5-7)16-11-4-2-8(13)6-14-11/h1-6,15H. The molecule has 0 bridgehead atoms. The number of phenols is 1. The van der Waals surface area contributed by atoms with Crippen molar-refractivity contribution in [3.8, 4) is 17.4 Å². The summed E-state index contributed by atoms with van der Waals surface area (Å²) in [5.74, 6) is 0.602. The predicted molar refractivity (Wildman–Crippen MR) is 62.4 cm³/mol. The minimum atomic E-state index is -0.0377. The Morgan fingerprint density at radius 3 is 2.44 bits per heavy atom. The number of rotatable bonds is 2. The molecule has 16 heavy (non-hydrogen) atoms. The second kappa shape index (κ2) is 4.60. The minimum absolute atomic E-state index is 0.0377. The molecule has 0 aliphatic rings. The maximum Gasteiger partial charge on any atom is 0.219 e. The van der Waals surface area contributed by atoms with Crippen molar-refractivity contribution in [3.63, 3.8) is 0 Å². The first kappa shape index (κ1) is 11.0. The number of hydrogen-bond donors (Lipinski definition) is 1. The number of phenolic OH excluding ortho intramolecular Hbond substituents is 1. The number of pyridine rings is 1. The van der Waals surface area contributed by atoms with Gasteiger partial charge in [-0.3, -0.25) is 0 Å². The highest BCUT2D eigenvalue weighted by molar-refractivity contribution is 6.30. The average molecular weight is 256 g/mol. The van der Waals surface area contributed by atoms with Crippen molar-refractivity contribution in [1.29, 1.82) is 0 Å². The van der Waals surface area contributed by atoms with E-state index in [2.05, 4.69) is 4.98 Å². The van der Waals surface area contributed by atoms with Gasteiger partial charge in [-0.25, -0.2) is 4.98 Å². The fourth-order valence-electron chi connectivity index (χ4n) is 1.11. The third-order valence-corrected chi connectivity index (χ3v) is 2.29. The van der Waals surface area contributed by atoms with Crippen LogP contribution in [0.5, 0.6) is 17.4 Å². The van der Waals surface area contributed by atoms with Crippen molar-refractivity contribution in [2.24, 2.45) is 0 Å². The zero-order chi connectivity index (χ0) is 11.5. The third-order valence-electron chi connectivity index (χ3n) is 1.84. The van der Waals surface area contributed by atoms with Gasteiger partial charge in [0, 0.05) is 23.4 Å². The van der Waals surface area contributed by atoms with E-state index in [9.17, 15) is 5.11 Å². The van der Waals surface area contributed by atoms with Crippen LogP contribution in [0.15, 0.2) is 36.5 Å². The molecular formula is C11H7Cl2NO2. The summed E-state index contributed by atoms with van der Waals surface area (Å²) in [6.07, 6.45) is 1.46. The van der Waals surface area contributed by atoms with E-state index in [0.29, 0.717) is 21.7 Å². The summed E-state index contributed by atoms with van der Waals surface area (Å²) in [5, 5.41) is 10.5. The number of aromatic hydroxyl groups is 1. The summed E-state index contributed by atoms with van der Waals surface area (Å²) in [6, 6.07) is 7.83. The van der Waals surface area contributed by atoms with Crippen molar-refractivity contribution in [1.82, 2.24) is 4.98 Å². The molecule has 1 aromatic carbocycles. The van der Waals surface area contributed by atoms with Crippen molar-refractivity contribution in [2.45, 2.75) is 0 Å². The molecule has 0 radical (unpaired) electrons. The minimum Gasteiger partial charge on any atom is -0.504 e. The highest BCUT2D eigenvalue weighted by Crippen LogP contribution is 2.32. The van der Waals surface area contributed by atoms with Gasteiger partial charge in [-0.05, 0) is 18.2 Å². The SMILES string of the molecule is Oc1cc(Cl)ccc1Oc1ccc(Cl)cn1. The van der Waals surface area contributed by atoms with E-state index in [1.54, 1.807) is 24.3 Å². The molecule has 0 amide bonds. The number of halogens is 2. The molecule has 0 unspecified atom stereocenters. The van der Waals surface area contributed by atoms with Gasteiger partial charge in [-0.15, -0.1) is 0 Å². The van der Waals surface area contributed by atoms with Crippen LogP contribution in [-0.2, 0) is 0 Å². The lowest BCUT2D eigenvalue weighted by Gasteiger charge is -2.06. The van der Waals surface area contributed by atoms with Crippen LogP contribution in [0.1, 0.15) is 0 Å². The molecule has 0 atom stereocenters. The highest BCUT2D eigenvalue weighted by atomic mass is 35.5. The first-order valence-corrected chi connectivity index (χ1v) is 5.18. The van der Waals surface area contributed by atoms with Gasteiger partial charge in [-0.2, -0.15) is 0 Å². The molecule has 2 aromatic rings. The van der Waals surface area contributed by atoms with Crippen LogP contribution in [0.3, 0.4) is 0 Å². The molecule has 0 saturated carbocycles. The van der Waals surface area contributed by atoms with Gasteiger partial charge in [0.2, 0.25) is 5.88 Å². The summed E-state index contributed by atoms with van der Waals surface area (Å²) < 4.78 is 5.34. The first-order valence-electron chi connectivity index (χ1n) is 4.43. The summed E-state index contributed by atoms with van der Waals surface area (Å²) in [4.78, 5) is 3.94. The van der Waals surface area contributed by atoms with E-state index >= 15 is 0 Å². The van der Waals surface area contributed by atoms with Gasteiger partial charge in [0.15, 0.2) is 11.5 Å². The Morgan fingerprint density at radius 1 is 1.06 bits per heavy atom. The average Bonchev–Trinajstić information content (AvgIpc) is 2.25. The lowest BCUT2D eigenvalue weighted by atomic mass is 10.3. The maximum atomic E-state index is 9.54. The highest BCUT2D eigenvalue weighted by Gasteiger charge is 2.05. The molecular weight excluding hydrogens is 249 g/mol. The molecule has 1 N–H and O–H groups in total. The normalized spacial score (nSPS) is 10.1. The van der Waals surface area contributed by atoms with Crippen molar-refractivity contribution in [2.75, 3.05) is 0 Å². The van der Waals surface area contributed by atoms with Gasteiger partial charge < -0.3 is 9.84 Å². The zero-order valence-electron chi connectivity index (χ0n) is 8.02. The molecule has 0 aliphatic heterocycles. The van der Waals surface area contributed by atoms with Gasteiger partial charge in [0.1, 0.15) is 0 Å². The van der Waals surface area contributed by atoms with Gasteiger partial charge >= 0.3 is 0 Å². The zero-order valence-corrected chi connectivity index (χ0v) is 9.53. The summed E-state index contributed by atoms with van der Waals surface area (Å²) in [7, 11) is 0. The lowest BCUT2D eigenvalue weighted by molar-refractivity contribution is 0.403. The first-order chi connectivity index (χ1) is 7.65. The Kier molecular flexibility index (Phi) is 3.17. The number of benzene rings is 1. The number of nitrogens with zero attached hydrogens (tertiary/aromatic N) is 1. The van der Waals surface area contributed by atoms with Crippen LogP contribution in [-0.4, -0.2) is 10.1 Å². The van der Waals surface area contributed by atoms with Gasteiger partial charge in [-0.1, -0.05) is 23.2 Å². The van der Waals surface area contributed by atoms with Crippen LogP contribution in [0.4, 0.5) is 0 Å². The van der Waals surface area contributed by atoms with E-state index in [1.165, 1.54) is 12.3 Å². The summed E-state index contributed by atoms with van der Waals surface area (Å²) >= 11 is 11.4. The number of aromatic nitrogens is 1. The van der Waals surface area contributed by atoms with Crippen molar-refractivity contribution >= 4 is 23.2 Å². The second-order valence-electron chi connectivity index (χ2n) is 3.03. The summed E-state index contributed by atoms with van der Waals surface area (Å²) in [5.41, 5.74) is 0. The number of ether oxygens (including phenoxy) is 1. The Balaban J connectivity index is 2.23. The van der Waals surface area contributed by atoms with Crippen molar-refractivity contribution in [3.05, 3.63) is 46.6 Å². The van der Waals surface area contributed by atoms with Crippen LogP contribution in [0.2, 0.25) is 10.0 Å². The van der Waals surface area contributed by atoms with Crippen LogP contribution < -0.4 is 4.74 Å². The van der Waals surface area contributed by atoms with E-state index in [0.717, 1.165) is 0 Å². The van der Waals surface area contributed by atoms with E-state index in [4.69, 9.17) is 27.9 Å². The Bertz CT molecular complexity index is 500. The molecule has 82 valence electrons. The van der Waals surface area contributed by atoms with Crippen LogP contribution in [0.25, 0.3) is 0 Å². The maximum absolute atomic E-state index is 9.54. The molecule has 1 aromatic heterocycles. The monoisotopic (exact) mass is 255 g/mol. The largest absolute Gasteiger partial charge is 0.504 e. The fourth-order valence-corrected chi connectivity index (χ4v) is 1.39. The van der Waals surface area contributed by atoms with Gasteiger partial charge in [0.05, 0.1) is 5.02 Å². The summed E-state index contributed by atoms with van der Waals surface area (Å²) in [6.45, 7) is 0. The smallest absolute Gasteiger partial charge is 0.219 e. The molecule has 0 aliphatic carbocycles. The van der Waals surface area contributed by atoms with E-state index in [1.807, 2.05) is 0 Å². The molecule has 0 fully saturated rings. The molecule has 1 heterocycles. The fraction of sp³-hybridized carbons (Fsp3) is 0. The quantitative estimate of drug-likeness (QED) is 0.886. The number of hydrogen-bond acceptors (Lipinski definition) is 3. The topological polar surface area (TPSA) is 42.4 Å². The molecule has 3 nitrogen and oxygen atoms in total. The molecule has 0 spiro atoms. The Morgan fingerprint density at radius 2 is 1.81 bits per heavy atom. The predicted octanol–water partition coefficient (Wildman–Crippen LogP) is 3.89. The molecule has 0 saturated heterocycles. The third kappa shape index (κ3) is 2.56. The molecule has 5 heteroatoms. The van der Waals surface area contributed by atoms with E-state index < -0.39 is 0 Å². The van der Waals surface area contributed by atoms with Crippen molar-refractivity contribution < 1.29 is 9.84 Å². The van der Waals surface area contributed by atoms with E-state index in [-0.39, 0.29) is 5.75 Å². The Hall–Kier alpha value is -1.45.